The molecule has 1 N–H and O–H groups in total. The van der Waals surface area contributed by atoms with Gasteiger partial charge < -0.3 is 10.2 Å². The van der Waals surface area contributed by atoms with Crippen molar-refractivity contribution < 1.29 is 4.79 Å². The Hall–Kier alpha value is -0.610. The zero-order valence-corrected chi connectivity index (χ0v) is 10.2. The molecular formula is C12H23N3O. The molecule has 0 aromatic heterocycles. The predicted molar refractivity (Wildman–Crippen MR) is 64.3 cm³/mol. The summed E-state index contributed by atoms with van der Waals surface area (Å²) in [4.78, 5) is 16.1. The average molecular weight is 225 g/mol. The second-order valence-electron chi connectivity index (χ2n) is 5.10. The molecule has 0 atom stereocenters. The van der Waals surface area contributed by atoms with Crippen molar-refractivity contribution in [1.29, 1.82) is 0 Å². The van der Waals surface area contributed by atoms with Crippen LogP contribution in [0.25, 0.3) is 0 Å². The predicted octanol–water partition coefficient (Wildman–Crippen LogP) is 0.150. The first-order valence-corrected chi connectivity index (χ1v) is 6.43. The highest BCUT2D eigenvalue weighted by atomic mass is 16.2. The molecule has 16 heavy (non-hydrogen) atoms. The Morgan fingerprint density at radius 1 is 1.38 bits per heavy atom. The van der Waals surface area contributed by atoms with Gasteiger partial charge in [0.15, 0.2) is 0 Å². The molecule has 92 valence electrons. The maximum Gasteiger partial charge on any atom is 0.236 e. The lowest BCUT2D eigenvalue weighted by molar-refractivity contribution is -0.132. The minimum absolute atomic E-state index is 0.291. The highest BCUT2D eigenvalue weighted by Gasteiger charge is 2.22. The Kier molecular flexibility index (Phi) is 4.18. The van der Waals surface area contributed by atoms with Crippen molar-refractivity contribution in [3.63, 3.8) is 0 Å². The molecule has 2 aliphatic rings. The van der Waals surface area contributed by atoms with E-state index in [9.17, 15) is 4.79 Å². The van der Waals surface area contributed by atoms with Crippen LogP contribution in [0.4, 0.5) is 0 Å². The van der Waals surface area contributed by atoms with Gasteiger partial charge in [0.25, 0.3) is 0 Å². The average Bonchev–Trinajstić information content (AvgIpc) is 3.11. The van der Waals surface area contributed by atoms with Crippen LogP contribution in [0.1, 0.15) is 19.3 Å². The Labute approximate surface area is 98.0 Å². The fourth-order valence-corrected chi connectivity index (χ4v) is 2.13. The summed E-state index contributed by atoms with van der Waals surface area (Å²) in [6.07, 6.45) is 4.07. The fourth-order valence-electron chi connectivity index (χ4n) is 2.13. The van der Waals surface area contributed by atoms with E-state index in [2.05, 4.69) is 17.3 Å². The Balaban J connectivity index is 1.63. The van der Waals surface area contributed by atoms with Crippen LogP contribution in [0.2, 0.25) is 0 Å². The topological polar surface area (TPSA) is 35.6 Å². The van der Waals surface area contributed by atoms with Crippen molar-refractivity contribution >= 4 is 5.91 Å². The lowest BCUT2D eigenvalue weighted by Crippen LogP contribution is -2.49. The molecule has 1 aliphatic carbocycles. The van der Waals surface area contributed by atoms with Crippen LogP contribution >= 0.6 is 0 Å². The largest absolute Gasteiger partial charge is 0.339 e. The number of amides is 1. The van der Waals surface area contributed by atoms with E-state index in [0.717, 1.165) is 38.6 Å². The second kappa shape index (κ2) is 5.64. The third-order valence-electron chi connectivity index (χ3n) is 3.49. The van der Waals surface area contributed by atoms with Gasteiger partial charge in [-0.3, -0.25) is 9.69 Å². The molecule has 0 radical (unpaired) electrons. The molecule has 4 heteroatoms. The van der Waals surface area contributed by atoms with Crippen molar-refractivity contribution in [2.45, 2.75) is 19.3 Å². The van der Waals surface area contributed by atoms with Crippen LogP contribution in [0.5, 0.6) is 0 Å². The number of piperazine rings is 1. The molecule has 1 saturated heterocycles. The SMILES string of the molecule is CN(CCC1CC1)CC(=O)N1CCNCC1. The monoisotopic (exact) mass is 225 g/mol. The molecule has 0 aromatic carbocycles. The smallest absolute Gasteiger partial charge is 0.236 e. The van der Waals surface area contributed by atoms with Crippen molar-refractivity contribution in [1.82, 2.24) is 15.1 Å². The van der Waals surface area contributed by atoms with Crippen LogP contribution in [-0.2, 0) is 4.79 Å². The number of hydrogen-bond acceptors (Lipinski definition) is 3. The summed E-state index contributed by atoms with van der Waals surface area (Å²) in [5.74, 6) is 1.25. The summed E-state index contributed by atoms with van der Waals surface area (Å²) < 4.78 is 0. The summed E-state index contributed by atoms with van der Waals surface area (Å²) in [6, 6.07) is 0. The minimum Gasteiger partial charge on any atom is -0.339 e. The third-order valence-corrected chi connectivity index (χ3v) is 3.49. The number of likely N-dealkylation sites (N-methyl/N-ethyl adjacent to an activating group) is 1. The van der Waals surface area contributed by atoms with Gasteiger partial charge in [0.1, 0.15) is 0 Å². The number of nitrogens with one attached hydrogen (secondary N) is 1. The van der Waals surface area contributed by atoms with Gasteiger partial charge in [-0.1, -0.05) is 12.8 Å². The second-order valence-corrected chi connectivity index (χ2v) is 5.10. The number of carbonyl (C=O) groups excluding carboxylic acids is 1. The first-order chi connectivity index (χ1) is 7.75. The maximum absolute atomic E-state index is 11.9. The van der Waals surface area contributed by atoms with Crippen molar-refractivity contribution in [2.24, 2.45) is 5.92 Å². The molecule has 1 heterocycles. The first-order valence-electron chi connectivity index (χ1n) is 6.43. The molecular weight excluding hydrogens is 202 g/mol. The molecule has 1 amide bonds. The fraction of sp³-hybridized carbons (Fsp3) is 0.917. The van der Waals surface area contributed by atoms with E-state index in [0.29, 0.717) is 12.5 Å². The van der Waals surface area contributed by atoms with Gasteiger partial charge >= 0.3 is 0 Å². The molecule has 2 rings (SSSR count). The number of hydrogen-bond donors (Lipinski definition) is 1. The Morgan fingerprint density at radius 2 is 2.06 bits per heavy atom. The number of carbonyl (C=O) groups is 1. The summed E-state index contributed by atoms with van der Waals surface area (Å²) >= 11 is 0. The summed E-state index contributed by atoms with van der Waals surface area (Å²) in [6.45, 7) is 5.29. The Bertz CT molecular complexity index is 234. The lowest BCUT2D eigenvalue weighted by atomic mass is 10.3. The van der Waals surface area contributed by atoms with Gasteiger partial charge in [-0.25, -0.2) is 0 Å². The van der Waals surface area contributed by atoms with Crippen molar-refractivity contribution in [3.8, 4) is 0 Å². The molecule has 0 aromatic rings. The van der Waals surface area contributed by atoms with Gasteiger partial charge in [0, 0.05) is 26.2 Å². The molecule has 0 spiro atoms. The summed E-state index contributed by atoms with van der Waals surface area (Å²) in [5, 5.41) is 3.26. The van der Waals surface area contributed by atoms with E-state index in [4.69, 9.17) is 0 Å². The van der Waals surface area contributed by atoms with Gasteiger partial charge in [0.2, 0.25) is 5.91 Å². The zero-order chi connectivity index (χ0) is 11.4. The van der Waals surface area contributed by atoms with Crippen LogP contribution in [-0.4, -0.2) is 62.0 Å². The van der Waals surface area contributed by atoms with E-state index in [1.54, 1.807) is 0 Å². The normalized spacial score (nSPS) is 21.5. The van der Waals surface area contributed by atoms with Gasteiger partial charge in [-0.15, -0.1) is 0 Å². The van der Waals surface area contributed by atoms with E-state index >= 15 is 0 Å². The summed E-state index contributed by atoms with van der Waals surface area (Å²) in [5.41, 5.74) is 0. The van der Waals surface area contributed by atoms with Crippen LogP contribution in [0, 0.1) is 5.92 Å². The molecule has 1 aliphatic heterocycles. The zero-order valence-electron chi connectivity index (χ0n) is 10.2. The Morgan fingerprint density at radius 3 is 2.69 bits per heavy atom. The first kappa shape index (κ1) is 11.9. The molecule has 0 bridgehead atoms. The van der Waals surface area contributed by atoms with E-state index in [1.807, 2.05) is 4.90 Å². The van der Waals surface area contributed by atoms with Gasteiger partial charge in [-0.2, -0.15) is 0 Å². The van der Waals surface area contributed by atoms with E-state index in [-0.39, 0.29) is 0 Å². The highest BCUT2D eigenvalue weighted by Crippen LogP contribution is 2.32. The molecule has 4 nitrogen and oxygen atoms in total. The van der Waals surface area contributed by atoms with Crippen LogP contribution < -0.4 is 5.32 Å². The lowest BCUT2D eigenvalue weighted by Gasteiger charge is -2.29. The molecule has 0 unspecified atom stereocenters. The van der Waals surface area contributed by atoms with Gasteiger partial charge in [-0.05, 0) is 25.9 Å². The highest BCUT2D eigenvalue weighted by molar-refractivity contribution is 5.78. The molecule has 1 saturated carbocycles. The molecule has 2 fully saturated rings. The third kappa shape index (κ3) is 3.76. The van der Waals surface area contributed by atoms with E-state index in [1.165, 1.54) is 19.3 Å². The van der Waals surface area contributed by atoms with Crippen LogP contribution in [0.15, 0.2) is 0 Å². The number of nitrogens with zero attached hydrogens (tertiary/aromatic N) is 2. The standard InChI is InChI=1S/C12H23N3O/c1-14(7-4-11-2-3-11)10-12(16)15-8-5-13-6-9-15/h11,13H,2-10H2,1H3. The van der Waals surface area contributed by atoms with Crippen molar-refractivity contribution in [3.05, 3.63) is 0 Å². The minimum atomic E-state index is 0.291. The van der Waals surface area contributed by atoms with Crippen molar-refractivity contribution in [2.75, 3.05) is 46.3 Å². The quantitative estimate of drug-likeness (QED) is 0.723. The number of rotatable bonds is 5. The van der Waals surface area contributed by atoms with Crippen LogP contribution in [0.3, 0.4) is 0 Å². The summed E-state index contributed by atoms with van der Waals surface area (Å²) in [7, 11) is 2.06. The maximum atomic E-state index is 11.9. The van der Waals surface area contributed by atoms with E-state index < -0.39 is 0 Å². The van der Waals surface area contributed by atoms with Gasteiger partial charge in [0.05, 0.1) is 6.54 Å².